The number of carboxylic acids is 1. The minimum atomic E-state index is -1.75. The molecule has 0 aliphatic heterocycles. The van der Waals surface area contributed by atoms with E-state index in [2.05, 4.69) is 12.2 Å². The van der Waals surface area contributed by atoms with E-state index in [0.717, 1.165) is 24.1 Å². The molecule has 94 valence electrons. The summed E-state index contributed by atoms with van der Waals surface area (Å²) in [7, 11) is 0. The predicted molar refractivity (Wildman–Crippen MR) is 67.2 cm³/mol. The first-order valence-electron chi connectivity index (χ1n) is 5.75. The molecule has 3 N–H and O–H groups in total. The summed E-state index contributed by atoms with van der Waals surface area (Å²) in [4.78, 5) is 10.8. The average Bonchev–Trinajstić information content (AvgIpc) is 2.28. The molecule has 1 atom stereocenters. The zero-order valence-corrected chi connectivity index (χ0v) is 10.2. The number of carboxylic acid groups (broad SMARTS) is 1. The van der Waals surface area contributed by atoms with Crippen molar-refractivity contribution < 1.29 is 15.0 Å². The van der Waals surface area contributed by atoms with Crippen molar-refractivity contribution in [2.24, 2.45) is 0 Å². The average molecular weight is 237 g/mol. The van der Waals surface area contributed by atoms with Gasteiger partial charge in [0.25, 0.3) is 0 Å². The van der Waals surface area contributed by atoms with Gasteiger partial charge in [0.15, 0.2) is 5.60 Å². The zero-order valence-electron chi connectivity index (χ0n) is 10.2. The minimum absolute atomic E-state index is 0.0109. The molecule has 0 spiro atoms. The molecule has 0 aliphatic carbocycles. The quantitative estimate of drug-likeness (QED) is 0.706. The molecule has 0 fully saturated rings. The third kappa shape index (κ3) is 3.75. The predicted octanol–water partition coefficient (Wildman–Crippen LogP) is 1.89. The first-order valence-corrected chi connectivity index (χ1v) is 5.75. The topological polar surface area (TPSA) is 69.6 Å². The molecule has 1 rings (SSSR count). The highest BCUT2D eigenvalue weighted by atomic mass is 16.4. The highest BCUT2D eigenvalue weighted by Crippen LogP contribution is 2.17. The second kappa shape index (κ2) is 5.68. The summed E-state index contributed by atoms with van der Waals surface area (Å²) in [5, 5.41) is 21.4. The Labute approximate surface area is 101 Å². The molecular formula is C13H19NO3. The van der Waals surface area contributed by atoms with Crippen LogP contribution in [-0.4, -0.2) is 28.3 Å². The summed E-state index contributed by atoms with van der Waals surface area (Å²) in [6.07, 6.45) is 1.95. The molecule has 1 aromatic carbocycles. The molecule has 0 aliphatic rings. The van der Waals surface area contributed by atoms with Gasteiger partial charge in [0.05, 0.1) is 6.54 Å². The van der Waals surface area contributed by atoms with Crippen LogP contribution in [0.3, 0.4) is 0 Å². The summed E-state index contributed by atoms with van der Waals surface area (Å²) in [5.74, 6) is -1.22. The largest absolute Gasteiger partial charge is 0.479 e. The summed E-state index contributed by atoms with van der Waals surface area (Å²) in [5.41, 5.74) is 0.270. The molecule has 0 aromatic heterocycles. The van der Waals surface area contributed by atoms with E-state index in [0.29, 0.717) is 0 Å². The third-order valence-corrected chi connectivity index (χ3v) is 2.62. The maximum Gasteiger partial charge on any atom is 0.337 e. The monoisotopic (exact) mass is 237 g/mol. The van der Waals surface area contributed by atoms with E-state index in [1.807, 2.05) is 24.3 Å². The van der Waals surface area contributed by atoms with Crippen LogP contribution in [0.4, 0.5) is 5.69 Å². The van der Waals surface area contributed by atoms with E-state index >= 15 is 0 Å². The summed E-state index contributed by atoms with van der Waals surface area (Å²) in [6.45, 7) is 3.36. The molecule has 0 saturated carbocycles. The Morgan fingerprint density at radius 2 is 2.06 bits per heavy atom. The lowest BCUT2D eigenvalue weighted by atomic mass is 10.1. The molecule has 4 nitrogen and oxygen atoms in total. The lowest BCUT2D eigenvalue weighted by Crippen LogP contribution is -2.41. The van der Waals surface area contributed by atoms with E-state index in [1.165, 1.54) is 6.92 Å². The first kappa shape index (κ1) is 13.5. The van der Waals surface area contributed by atoms with Gasteiger partial charge in [0, 0.05) is 5.69 Å². The SMILES string of the molecule is CCCc1ccccc1NCC(C)(O)C(=O)O. The van der Waals surface area contributed by atoms with Crippen molar-refractivity contribution in [1.82, 2.24) is 0 Å². The molecular weight excluding hydrogens is 218 g/mol. The van der Waals surface area contributed by atoms with Crippen LogP contribution < -0.4 is 5.32 Å². The van der Waals surface area contributed by atoms with Crippen LogP contribution >= 0.6 is 0 Å². The fourth-order valence-electron chi connectivity index (χ4n) is 1.52. The maximum atomic E-state index is 10.8. The third-order valence-electron chi connectivity index (χ3n) is 2.62. The Morgan fingerprint density at radius 3 is 2.65 bits per heavy atom. The number of benzene rings is 1. The number of para-hydroxylation sites is 1. The van der Waals surface area contributed by atoms with Crippen LogP contribution in [0.25, 0.3) is 0 Å². The van der Waals surface area contributed by atoms with Gasteiger partial charge in [-0.25, -0.2) is 4.79 Å². The van der Waals surface area contributed by atoms with Crippen molar-refractivity contribution in [2.75, 3.05) is 11.9 Å². The number of anilines is 1. The molecule has 1 unspecified atom stereocenters. The number of hydrogen-bond donors (Lipinski definition) is 3. The van der Waals surface area contributed by atoms with Gasteiger partial charge in [-0.1, -0.05) is 31.5 Å². The molecule has 0 radical (unpaired) electrons. The number of aliphatic hydroxyl groups is 1. The molecule has 4 heteroatoms. The standard InChI is InChI=1S/C13H19NO3/c1-3-6-10-7-4-5-8-11(10)14-9-13(2,17)12(15)16/h4-5,7-8,14,17H,3,6,9H2,1-2H3,(H,15,16). The van der Waals surface area contributed by atoms with Gasteiger partial charge in [0.1, 0.15) is 0 Å². The van der Waals surface area contributed by atoms with Crippen LogP contribution in [0.15, 0.2) is 24.3 Å². The van der Waals surface area contributed by atoms with Gasteiger partial charge in [-0.05, 0) is 25.0 Å². The molecule has 0 amide bonds. The van der Waals surface area contributed by atoms with E-state index in [9.17, 15) is 9.90 Å². The second-order valence-corrected chi connectivity index (χ2v) is 4.34. The number of aliphatic carboxylic acids is 1. The summed E-state index contributed by atoms with van der Waals surface area (Å²) >= 11 is 0. The zero-order chi connectivity index (χ0) is 12.9. The molecule has 17 heavy (non-hydrogen) atoms. The van der Waals surface area contributed by atoms with Crippen molar-refractivity contribution >= 4 is 11.7 Å². The molecule has 0 saturated heterocycles. The van der Waals surface area contributed by atoms with Crippen LogP contribution in [-0.2, 0) is 11.2 Å². The van der Waals surface area contributed by atoms with Gasteiger partial charge in [-0.3, -0.25) is 0 Å². The minimum Gasteiger partial charge on any atom is -0.479 e. The van der Waals surface area contributed by atoms with Crippen LogP contribution in [0, 0.1) is 0 Å². The fraction of sp³-hybridized carbons (Fsp3) is 0.462. The van der Waals surface area contributed by atoms with Gasteiger partial charge in [-0.15, -0.1) is 0 Å². The van der Waals surface area contributed by atoms with Crippen molar-refractivity contribution in [1.29, 1.82) is 0 Å². The second-order valence-electron chi connectivity index (χ2n) is 4.34. The van der Waals surface area contributed by atoms with Crippen LogP contribution in [0.5, 0.6) is 0 Å². The van der Waals surface area contributed by atoms with Gasteiger partial charge in [0.2, 0.25) is 0 Å². The van der Waals surface area contributed by atoms with Gasteiger partial charge >= 0.3 is 5.97 Å². The van der Waals surface area contributed by atoms with Crippen molar-refractivity contribution in [2.45, 2.75) is 32.3 Å². The molecule has 1 aromatic rings. The van der Waals surface area contributed by atoms with Gasteiger partial charge in [-0.2, -0.15) is 0 Å². The van der Waals surface area contributed by atoms with Gasteiger partial charge < -0.3 is 15.5 Å². The highest BCUT2D eigenvalue weighted by molar-refractivity contribution is 5.77. The van der Waals surface area contributed by atoms with E-state index in [-0.39, 0.29) is 6.54 Å². The Hall–Kier alpha value is -1.55. The number of carbonyl (C=O) groups is 1. The number of nitrogens with one attached hydrogen (secondary N) is 1. The Balaban J connectivity index is 2.72. The Morgan fingerprint density at radius 1 is 1.41 bits per heavy atom. The molecule has 0 bridgehead atoms. The number of rotatable bonds is 6. The maximum absolute atomic E-state index is 10.8. The first-order chi connectivity index (χ1) is 7.97. The van der Waals surface area contributed by atoms with Crippen LogP contribution in [0.1, 0.15) is 25.8 Å². The van der Waals surface area contributed by atoms with E-state index in [1.54, 1.807) is 0 Å². The van der Waals surface area contributed by atoms with Crippen molar-refractivity contribution in [3.63, 3.8) is 0 Å². The summed E-state index contributed by atoms with van der Waals surface area (Å²) in [6, 6.07) is 7.73. The lowest BCUT2D eigenvalue weighted by Gasteiger charge is -2.20. The smallest absolute Gasteiger partial charge is 0.337 e. The fourth-order valence-corrected chi connectivity index (χ4v) is 1.52. The normalized spacial score (nSPS) is 14.1. The number of hydrogen-bond acceptors (Lipinski definition) is 3. The van der Waals surface area contributed by atoms with E-state index < -0.39 is 11.6 Å². The Bertz CT molecular complexity index is 388. The summed E-state index contributed by atoms with van der Waals surface area (Å²) < 4.78 is 0. The highest BCUT2D eigenvalue weighted by Gasteiger charge is 2.29. The van der Waals surface area contributed by atoms with E-state index in [4.69, 9.17) is 5.11 Å². The van der Waals surface area contributed by atoms with Crippen molar-refractivity contribution in [3.05, 3.63) is 29.8 Å². The lowest BCUT2D eigenvalue weighted by molar-refractivity contribution is -0.155. The Kier molecular flexibility index (Phi) is 4.52. The van der Waals surface area contributed by atoms with Crippen LogP contribution in [0.2, 0.25) is 0 Å². The van der Waals surface area contributed by atoms with Crippen molar-refractivity contribution in [3.8, 4) is 0 Å². The number of aryl methyl sites for hydroxylation is 1. The molecule has 0 heterocycles.